The van der Waals surface area contributed by atoms with Crippen molar-refractivity contribution in [2.24, 2.45) is 0 Å². The lowest BCUT2D eigenvalue weighted by molar-refractivity contribution is -0.121. The third kappa shape index (κ3) is 3.90. The predicted octanol–water partition coefficient (Wildman–Crippen LogP) is 1.08. The third-order valence-corrected chi connectivity index (χ3v) is 4.59. The van der Waals surface area contributed by atoms with Gasteiger partial charge in [-0.05, 0) is 36.2 Å². The fourth-order valence-corrected chi connectivity index (χ4v) is 3.05. The smallest absolute Gasteiger partial charge is 0.443 e. The van der Waals surface area contributed by atoms with E-state index in [0.717, 1.165) is 16.0 Å². The average molecular weight is 412 g/mol. The second kappa shape index (κ2) is 8.37. The summed E-state index contributed by atoms with van der Waals surface area (Å²) in [4.78, 5) is 30.7. The molecule has 0 saturated carbocycles. The van der Waals surface area contributed by atoms with Crippen LogP contribution in [0, 0.1) is 0 Å². The molecule has 0 radical (unpaired) electrons. The van der Waals surface area contributed by atoms with E-state index in [0.29, 0.717) is 24.4 Å². The molecule has 1 aliphatic rings. The van der Waals surface area contributed by atoms with E-state index in [1.54, 1.807) is 19.2 Å². The molecular weight excluding hydrogens is 392 g/mol. The van der Waals surface area contributed by atoms with Crippen LogP contribution in [0.25, 0.3) is 5.82 Å². The lowest BCUT2D eigenvalue weighted by Gasteiger charge is -2.28. The van der Waals surface area contributed by atoms with Gasteiger partial charge in [-0.2, -0.15) is 0 Å². The van der Waals surface area contributed by atoms with E-state index in [9.17, 15) is 9.59 Å². The maximum Gasteiger partial charge on any atom is 0.443 e. The number of hydrogen-bond donors (Lipinski definition) is 1. The number of fused-ring (bicyclic) bond motifs is 1. The summed E-state index contributed by atoms with van der Waals surface area (Å²) in [6.07, 6.45) is 0.754. The average Bonchev–Trinajstić information content (AvgIpc) is 3.15. The minimum atomic E-state index is -0.694. The molecular formula is C20H20N4O6. The number of benzene rings is 1. The Morgan fingerprint density at radius 2 is 1.97 bits per heavy atom. The van der Waals surface area contributed by atoms with Crippen molar-refractivity contribution in [2.75, 3.05) is 25.2 Å². The lowest BCUT2D eigenvalue weighted by Crippen LogP contribution is -2.39. The van der Waals surface area contributed by atoms with Crippen LogP contribution in [0.5, 0.6) is 11.5 Å². The van der Waals surface area contributed by atoms with E-state index >= 15 is 0 Å². The Balaban J connectivity index is 1.66. The van der Waals surface area contributed by atoms with Crippen LogP contribution in [0.4, 0.5) is 5.82 Å². The minimum absolute atomic E-state index is 0.0343. The molecule has 30 heavy (non-hydrogen) atoms. The van der Waals surface area contributed by atoms with Crippen LogP contribution >= 0.6 is 0 Å². The molecule has 0 bridgehead atoms. The van der Waals surface area contributed by atoms with Crippen LogP contribution in [-0.4, -0.2) is 46.1 Å². The highest BCUT2D eigenvalue weighted by Crippen LogP contribution is 2.32. The van der Waals surface area contributed by atoms with Gasteiger partial charge in [0.05, 0.1) is 13.7 Å². The number of methoxy groups -OCH3 is 1. The maximum absolute atomic E-state index is 12.5. The van der Waals surface area contributed by atoms with E-state index in [2.05, 4.69) is 10.1 Å². The first-order chi connectivity index (χ1) is 14.6. The number of aromatic nitrogens is 3. The molecule has 1 aliphatic heterocycles. The van der Waals surface area contributed by atoms with Crippen LogP contribution in [0.15, 0.2) is 45.6 Å². The highest BCUT2D eigenvalue weighted by molar-refractivity contribution is 5.96. The number of carbonyl (C=O) groups is 1. The maximum atomic E-state index is 12.5. The van der Waals surface area contributed by atoms with Crippen LogP contribution in [0.3, 0.4) is 0 Å². The molecule has 0 aliphatic carbocycles. The molecule has 0 unspecified atom stereocenters. The molecule has 1 aromatic carbocycles. The summed E-state index contributed by atoms with van der Waals surface area (Å²) in [5.74, 6) is 0.913. The number of aliphatic hydroxyl groups is 1. The highest BCUT2D eigenvalue weighted by Gasteiger charge is 2.28. The largest absolute Gasteiger partial charge is 0.497 e. The first-order valence-corrected chi connectivity index (χ1v) is 9.36. The van der Waals surface area contributed by atoms with Crippen LogP contribution in [-0.2, 0) is 17.8 Å². The molecule has 3 aromatic rings. The van der Waals surface area contributed by atoms with Crippen LogP contribution in [0.1, 0.15) is 17.9 Å². The minimum Gasteiger partial charge on any atom is -0.497 e. The Labute approximate surface area is 171 Å². The van der Waals surface area contributed by atoms with Crippen molar-refractivity contribution in [3.63, 3.8) is 0 Å². The van der Waals surface area contributed by atoms with Gasteiger partial charge in [0.2, 0.25) is 5.89 Å². The van der Waals surface area contributed by atoms with E-state index in [-0.39, 0.29) is 37.4 Å². The first-order valence-electron chi connectivity index (χ1n) is 9.36. The Bertz CT molecular complexity index is 1110. The van der Waals surface area contributed by atoms with Crippen molar-refractivity contribution in [2.45, 2.75) is 19.4 Å². The number of carbonyl (C=O) groups excluding carboxylic acids is 1. The number of anilines is 1. The third-order valence-electron chi connectivity index (χ3n) is 4.59. The number of hydrogen-bond acceptors (Lipinski definition) is 8. The summed E-state index contributed by atoms with van der Waals surface area (Å²) >= 11 is 0. The number of amides is 1. The molecule has 10 heteroatoms. The van der Waals surface area contributed by atoms with Gasteiger partial charge in [-0.25, -0.2) is 9.78 Å². The fraction of sp³-hybridized carbons (Fsp3) is 0.300. The Hall–Kier alpha value is -3.66. The Morgan fingerprint density at radius 1 is 1.17 bits per heavy atom. The predicted molar refractivity (Wildman–Crippen MR) is 105 cm³/mol. The van der Waals surface area contributed by atoms with Gasteiger partial charge in [0.1, 0.15) is 5.75 Å². The summed E-state index contributed by atoms with van der Waals surface area (Å²) in [5, 5.41) is 13.1. The molecule has 4 rings (SSSR count). The standard InChI is InChI=1S/C20H20N4O6/c1-28-14-6-4-13(5-7-14)11-23-18(26)12-29-15-8-9-16(21-19(15)23)24-20(27)30-17(22-24)3-2-10-25/h4-9,25H,2-3,10-12H2,1H3. The van der Waals surface area contributed by atoms with Gasteiger partial charge >= 0.3 is 5.76 Å². The van der Waals surface area contributed by atoms with Crippen molar-refractivity contribution >= 4 is 11.7 Å². The van der Waals surface area contributed by atoms with Gasteiger partial charge in [0.25, 0.3) is 5.91 Å². The molecule has 3 heterocycles. The number of aliphatic hydroxyl groups excluding tert-OH is 1. The summed E-state index contributed by atoms with van der Waals surface area (Å²) in [5.41, 5.74) is 0.883. The van der Waals surface area contributed by atoms with E-state index < -0.39 is 5.76 Å². The van der Waals surface area contributed by atoms with Crippen molar-refractivity contribution in [3.8, 4) is 17.3 Å². The monoisotopic (exact) mass is 412 g/mol. The Kier molecular flexibility index (Phi) is 5.48. The van der Waals surface area contributed by atoms with E-state index in [4.69, 9.17) is 19.0 Å². The second-order valence-corrected chi connectivity index (χ2v) is 6.61. The van der Waals surface area contributed by atoms with Crippen molar-refractivity contribution in [1.29, 1.82) is 0 Å². The summed E-state index contributed by atoms with van der Waals surface area (Å²) in [6, 6.07) is 10.6. The summed E-state index contributed by atoms with van der Waals surface area (Å²) in [6.45, 7) is 0.151. The zero-order valence-electron chi connectivity index (χ0n) is 16.3. The zero-order chi connectivity index (χ0) is 21.1. The fourth-order valence-electron chi connectivity index (χ4n) is 3.05. The van der Waals surface area contributed by atoms with Crippen molar-refractivity contribution < 1.29 is 23.8 Å². The molecule has 0 atom stereocenters. The number of ether oxygens (including phenoxy) is 2. The highest BCUT2D eigenvalue weighted by atomic mass is 16.5. The molecule has 1 N–H and O–H groups in total. The number of aryl methyl sites for hydroxylation is 1. The number of nitrogens with zero attached hydrogens (tertiary/aromatic N) is 4. The second-order valence-electron chi connectivity index (χ2n) is 6.61. The van der Waals surface area contributed by atoms with E-state index in [1.165, 1.54) is 4.90 Å². The van der Waals surface area contributed by atoms with Gasteiger partial charge in [-0.15, -0.1) is 9.78 Å². The first kappa shape index (κ1) is 19.6. The molecule has 10 nitrogen and oxygen atoms in total. The van der Waals surface area contributed by atoms with Gasteiger partial charge in [-0.1, -0.05) is 12.1 Å². The topological polar surface area (TPSA) is 120 Å². The number of rotatable bonds is 7. The quantitative estimate of drug-likeness (QED) is 0.612. The summed E-state index contributed by atoms with van der Waals surface area (Å²) in [7, 11) is 1.59. The van der Waals surface area contributed by atoms with Gasteiger partial charge in [0.15, 0.2) is 24.0 Å². The van der Waals surface area contributed by atoms with Gasteiger partial charge in [-0.3, -0.25) is 9.69 Å². The number of pyridine rings is 1. The molecule has 0 saturated heterocycles. The van der Waals surface area contributed by atoms with Gasteiger partial charge < -0.3 is 19.0 Å². The van der Waals surface area contributed by atoms with Crippen LogP contribution in [0.2, 0.25) is 0 Å². The van der Waals surface area contributed by atoms with Crippen LogP contribution < -0.4 is 20.1 Å². The van der Waals surface area contributed by atoms with Crippen molar-refractivity contribution in [3.05, 3.63) is 58.4 Å². The van der Waals surface area contributed by atoms with Gasteiger partial charge in [0, 0.05) is 13.0 Å². The normalized spacial score (nSPS) is 13.1. The summed E-state index contributed by atoms with van der Waals surface area (Å²) < 4.78 is 16.8. The Morgan fingerprint density at radius 3 is 2.70 bits per heavy atom. The molecule has 156 valence electrons. The molecule has 0 fully saturated rings. The zero-order valence-corrected chi connectivity index (χ0v) is 16.3. The van der Waals surface area contributed by atoms with Crippen molar-refractivity contribution in [1.82, 2.24) is 14.8 Å². The molecule has 0 spiro atoms. The van der Waals surface area contributed by atoms with E-state index in [1.807, 2.05) is 24.3 Å². The lowest BCUT2D eigenvalue weighted by atomic mass is 10.2. The molecule has 1 amide bonds. The molecule has 2 aromatic heterocycles. The SMILES string of the molecule is COc1ccc(CN2C(=O)COc3ccc(-n4nc(CCCO)oc4=O)nc32)cc1.